The van der Waals surface area contributed by atoms with Crippen LogP contribution in [-0.4, -0.2) is 10.9 Å². The Balaban J connectivity index is 1.76. The molecular weight excluding hydrogens is 282 g/mol. The number of amides is 1. The second kappa shape index (κ2) is 5.85. The normalized spacial score (nSPS) is 17.3. The Morgan fingerprint density at radius 1 is 1.57 bits per heavy atom. The van der Waals surface area contributed by atoms with Gasteiger partial charge in [-0.2, -0.15) is 0 Å². The Bertz CT molecular complexity index is 651. The number of anilines is 1. The van der Waals surface area contributed by atoms with Crippen LogP contribution in [0, 0.1) is 5.92 Å². The summed E-state index contributed by atoms with van der Waals surface area (Å²) >= 11 is 1.58. The molecule has 0 radical (unpaired) electrons. The number of rotatable bonds is 3. The van der Waals surface area contributed by atoms with Crippen LogP contribution in [0.1, 0.15) is 39.7 Å². The van der Waals surface area contributed by atoms with Crippen LogP contribution >= 0.6 is 11.3 Å². The van der Waals surface area contributed by atoms with Crippen LogP contribution in [0.25, 0.3) is 0 Å². The zero-order valence-corrected chi connectivity index (χ0v) is 12.9. The molecule has 3 rings (SSSR count). The second-order valence-electron chi connectivity index (χ2n) is 5.63. The molecular formula is C16H19N3OS. The maximum atomic E-state index is 12.4. The number of aromatic nitrogens is 1. The Morgan fingerprint density at radius 2 is 2.43 bits per heavy atom. The van der Waals surface area contributed by atoms with E-state index in [0.29, 0.717) is 23.0 Å². The van der Waals surface area contributed by atoms with Crippen molar-refractivity contribution in [1.82, 2.24) is 10.3 Å². The third-order valence-electron chi connectivity index (χ3n) is 3.94. The van der Waals surface area contributed by atoms with Crippen LogP contribution in [0.15, 0.2) is 24.5 Å². The van der Waals surface area contributed by atoms with Crippen molar-refractivity contribution in [3.8, 4) is 0 Å². The van der Waals surface area contributed by atoms with Crippen LogP contribution in [0.2, 0.25) is 0 Å². The average Bonchev–Trinajstić information content (AvgIpc) is 2.81. The number of nitrogen functional groups attached to an aromatic ring is 1. The molecule has 1 aliphatic carbocycles. The van der Waals surface area contributed by atoms with E-state index in [9.17, 15) is 4.79 Å². The van der Waals surface area contributed by atoms with Gasteiger partial charge in [0.25, 0.3) is 5.91 Å². The quantitative estimate of drug-likeness (QED) is 0.916. The number of hydrogen-bond acceptors (Lipinski definition) is 4. The number of carbonyl (C=O) groups excluding carboxylic acids is 1. The van der Waals surface area contributed by atoms with Gasteiger partial charge in [-0.3, -0.25) is 9.78 Å². The highest BCUT2D eigenvalue weighted by Gasteiger charge is 2.26. The summed E-state index contributed by atoms with van der Waals surface area (Å²) in [5.74, 6) is 0.616. The van der Waals surface area contributed by atoms with E-state index >= 15 is 0 Å². The fourth-order valence-corrected chi connectivity index (χ4v) is 4.07. The molecule has 1 amide bonds. The standard InChI is InChI=1S/C16H19N3OS/c1-10-4-5-12-13(7-10)21-15(17)14(12)16(20)19-9-11-3-2-6-18-8-11/h2-3,6,8,10H,4-5,7,9,17H2,1H3,(H,19,20)/t10-/m1/s1. The molecule has 2 heterocycles. The van der Waals surface area contributed by atoms with E-state index in [1.807, 2.05) is 12.1 Å². The van der Waals surface area contributed by atoms with Crippen LogP contribution in [-0.2, 0) is 19.4 Å². The van der Waals surface area contributed by atoms with Gasteiger partial charge in [0, 0.05) is 23.8 Å². The van der Waals surface area contributed by atoms with Gasteiger partial charge in [0.15, 0.2) is 0 Å². The molecule has 0 fully saturated rings. The molecule has 1 aliphatic rings. The highest BCUT2D eigenvalue weighted by molar-refractivity contribution is 7.16. The molecule has 3 N–H and O–H groups in total. The summed E-state index contributed by atoms with van der Waals surface area (Å²) in [6.45, 7) is 2.73. The van der Waals surface area contributed by atoms with E-state index in [4.69, 9.17) is 5.73 Å². The molecule has 0 bridgehead atoms. The minimum Gasteiger partial charge on any atom is -0.390 e. The highest BCUT2D eigenvalue weighted by Crippen LogP contribution is 2.37. The van der Waals surface area contributed by atoms with Gasteiger partial charge in [-0.1, -0.05) is 13.0 Å². The third kappa shape index (κ3) is 2.93. The lowest BCUT2D eigenvalue weighted by Gasteiger charge is -2.18. The van der Waals surface area contributed by atoms with Crippen LogP contribution in [0.3, 0.4) is 0 Å². The molecule has 2 aromatic rings. The first-order chi connectivity index (χ1) is 10.1. The Hall–Kier alpha value is -1.88. The number of nitrogens with zero attached hydrogens (tertiary/aromatic N) is 1. The van der Waals surface area contributed by atoms with Crippen molar-refractivity contribution in [2.45, 2.75) is 32.7 Å². The minimum absolute atomic E-state index is 0.0663. The van der Waals surface area contributed by atoms with Gasteiger partial charge >= 0.3 is 0 Å². The first-order valence-corrected chi connectivity index (χ1v) is 8.04. The lowest BCUT2D eigenvalue weighted by Crippen LogP contribution is -2.25. The molecule has 0 unspecified atom stereocenters. The fraction of sp³-hybridized carbons (Fsp3) is 0.375. The van der Waals surface area contributed by atoms with E-state index in [-0.39, 0.29) is 5.91 Å². The molecule has 0 aromatic carbocycles. The summed E-state index contributed by atoms with van der Waals surface area (Å²) in [5.41, 5.74) is 8.94. The van der Waals surface area contributed by atoms with Gasteiger partial charge in [0.2, 0.25) is 0 Å². The molecule has 2 aromatic heterocycles. The average molecular weight is 301 g/mol. The number of nitrogens with one attached hydrogen (secondary N) is 1. The van der Waals surface area contributed by atoms with Gasteiger partial charge in [0.1, 0.15) is 0 Å². The first kappa shape index (κ1) is 14.1. The first-order valence-electron chi connectivity index (χ1n) is 7.22. The van der Waals surface area contributed by atoms with Crippen LogP contribution in [0.4, 0.5) is 5.00 Å². The Kier molecular flexibility index (Phi) is 3.92. The van der Waals surface area contributed by atoms with Crippen molar-refractivity contribution in [2.75, 3.05) is 5.73 Å². The van der Waals surface area contributed by atoms with Crippen molar-refractivity contribution in [3.05, 3.63) is 46.1 Å². The molecule has 0 saturated heterocycles. The van der Waals surface area contributed by atoms with Crippen LogP contribution in [0.5, 0.6) is 0 Å². The minimum atomic E-state index is -0.0663. The van der Waals surface area contributed by atoms with Crippen molar-refractivity contribution in [3.63, 3.8) is 0 Å². The van der Waals surface area contributed by atoms with E-state index in [1.54, 1.807) is 23.7 Å². The van der Waals surface area contributed by atoms with Crippen molar-refractivity contribution >= 4 is 22.2 Å². The van der Waals surface area contributed by atoms with Gasteiger partial charge in [0.05, 0.1) is 10.6 Å². The number of carbonyl (C=O) groups is 1. The maximum absolute atomic E-state index is 12.4. The fourth-order valence-electron chi connectivity index (χ4n) is 2.79. The summed E-state index contributed by atoms with van der Waals surface area (Å²) in [6, 6.07) is 3.81. The predicted octanol–water partition coefficient (Wildman–Crippen LogP) is 2.78. The summed E-state index contributed by atoms with van der Waals surface area (Å²) in [6.07, 6.45) is 6.61. The zero-order valence-electron chi connectivity index (χ0n) is 12.1. The molecule has 4 nitrogen and oxygen atoms in total. The van der Waals surface area contributed by atoms with Gasteiger partial charge in [-0.25, -0.2) is 0 Å². The summed E-state index contributed by atoms with van der Waals surface area (Å²) in [5, 5.41) is 3.60. The lowest BCUT2D eigenvalue weighted by molar-refractivity contribution is 0.0951. The largest absolute Gasteiger partial charge is 0.390 e. The Morgan fingerprint density at radius 3 is 3.19 bits per heavy atom. The molecule has 0 spiro atoms. The lowest BCUT2D eigenvalue weighted by atomic mass is 9.88. The van der Waals surface area contributed by atoms with Crippen LogP contribution < -0.4 is 11.1 Å². The van der Waals surface area contributed by atoms with Crippen molar-refractivity contribution < 1.29 is 4.79 Å². The molecule has 1 atom stereocenters. The van der Waals surface area contributed by atoms with Crippen molar-refractivity contribution in [2.24, 2.45) is 5.92 Å². The number of pyridine rings is 1. The molecule has 0 aliphatic heterocycles. The monoisotopic (exact) mass is 301 g/mol. The Labute approximate surface area is 128 Å². The SMILES string of the molecule is C[C@@H]1CCc2c(sc(N)c2C(=O)NCc2cccnc2)C1. The summed E-state index contributed by atoms with van der Waals surface area (Å²) in [4.78, 5) is 17.8. The maximum Gasteiger partial charge on any atom is 0.254 e. The molecule has 21 heavy (non-hydrogen) atoms. The summed E-state index contributed by atoms with van der Waals surface area (Å²) < 4.78 is 0. The number of hydrogen-bond donors (Lipinski definition) is 2. The molecule has 110 valence electrons. The van der Waals surface area contributed by atoms with E-state index < -0.39 is 0 Å². The zero-order chi connectivity index (χ0) is 14.8. The van der Waals surface area contributed by atoms with Gasteiger partial charge in [-0.05, 0) is 42.4 Å². The third-order valence-corrected chi connectivity index (χ3v) is 5.03. The van der Waals surface area contributed by atoms with E-state index in [2.05, 4.69) is 17.2 Å². The number of nitrogens with two attached hydrogens (primary N) is 1. The van der Waals surface area contributed by atoms with E-state index in [1.165, 1.54) is 10.4 Å². The highest BCUT2D eigenvalue weighted by atomic mass is 32.1. The predicted molar refractivity (Wildman–Crippen MR) is 85.3 cm³/mol. The molecule has 5 heteroatoms. The number of thiophene rings is 1. The second-order valence-corrected chi connectivity index (χ2v) is 6.77. The van der Waals surface area contributed by atoms with Gasteiger partial charge < -0.3 is 11.1 Å². The smallest absolute Gasteiger partial charge is 0.254 e. The summed E-state index contributed by atoms with van der Waals surface area (Å²) in [7, 11) is 0. The molecule has 0 saturated carbocycles. The van der Waals surface area contributed by atoms with Crippen molar-refractivity contribution in [1.29, 1.82) is 0 Å². The van der Waals surface area contributed by atoms with Gasteiger partial charge in [-0.15, -0.1) is 11.3 Å². The topological polar surface area (TPSA) is 68.0 Å². The number of fused-ring (bicyclic) bond motifs is 1. The van der Waals surface area contributed by atoms with E-state index in [0.717, 1.165) is 24.8 Å².